The SMILES string of the molecule is O[B]Oc1nc(-c2cccc3c2oc2ccccc23)nc(-c2cccc3c2oc2ccccc23)n1. The minimum absolute atomic E-state index is 0.0475. The van der Waals surface area contributed by atoms with Crippen LogP contribution in [-0.2, 0) is 0 Å². The molecular formula is C27H15BN3O4. The van der Waals surface area contributed by atoms with Crippen molar-refractivity contribution >= 4 is 51.6 Å². The summed E-state index contributed by atoms with van der Waals surface area (Å²) in [6.45, 7) is 0. The highest BCUT2D eigenvalue weighted by Gasteiger charge is 2.20. The van der Waals surface area contributed by atoms with Crippen LogP contribution in [0, 0.1) is 0 Å². The lowest BCUT2D eigenvalue weighted by Crippen LogP contribution is -2.07. The van der Waals surface area contributed by atoms with Crippen molar-refractivity contribution in [1.82, 2.24) is 15.0 Å². The van der Waals surface area contributed by atoms with Gasteiger partial charge in [0.2, 0.25) is 0 Å². The minimum atomic E-state index is -0.0475. The van der Waals surface area contributed by atoms with Crippen LogP contribution in [0.2, 0.25) is 0 Å². The van der Waals surface area contributed by atoms with Gasteiger partial charge < -0.3 is 18.5 Å². The molecule has 0 spiro atoms. The second-order valence-corrected chi connectivity index (χ2v) is 8.05. The first-order valence-corrected chi connectivity index (χ1v) is 11.0. The summed E-state index contributed by atoms with van der Waals surface area (Å²) in [5.74, 6) is 0.703. The van der Waals surface area contributed by atoms with Crippen LogP contribution in [0.15, 0.2) is 93.8 Å². The first-order chi connectivity index (χ1) is 17.3. The van der Waals surface area contributed by atoms with Gasteiger partial charge in [-0.15, -0.1) is 0 Å². The Kier molecular flexibility index (Phi) is 4.34. The highest BCUT2D eigenvalue weighted by Crippen LogP contribution is 2.37. The van der Waals surface area contributed by atoms with Crippen LogP contribution < -0.4 is 4.65 Å². The van der Waals surface area contributed by atoms with E-state index in [-0.39, 0.29) is 6.01 Å². The maximum Gasteiger partial charge on any atom is 0.571 e. The molecule has 8 heteroatoms. The van der Waals surface area contributed by atoms with Gasteiger partial charge in [-0.3, -0.25) is 0 Å². The highest BCUT2D eigenvalue weighted by molar-refractivity contribution is 6.17. The average Bonchev–Trinajstić information content (AvgIpc) is 3.47. The summed E-state index contributed by atoms with van der Waals surface area (Å²) in [6, 6.07) is 27.3. The molecule has 7 nitrogen and oxygen atoms in total. The van der Waals surface area contributed by atoms with Crippen LogP contribution in [0.25, 0.3) is 66.7 Å². The zero-order valence-electron chi connectivity index (χ0n) is 18.2. The third-order valence-electron chi connectivity index (χ3n) is 6.06. The molecule has 0 aliphatic heterocycles. The summed E-state index contributed by atoms with van der Waals surface area (Å²) in [4.78, 5) is 13.7. The predicted molar refractivity (Wildman–Crippen MR) is 134 cm³/mol. The molecule has 0 bridgehead atoms. The van der Waals surface area contributed by atoms with Crippen molar-refractivity contribution in [3.05, 3.63) is 84.9 Å². The molecule has 35 heavy (non-hydrogen) atoms. The zero-order valence-corrected chi connectivity index (χ0v) is 18.2. The van der Waals surface area contributed by atoms with E-state index in [1.807, 2.05) is 84.9 Å². The molecule has 3 heterocycles. The Bertz CT molecular complexity index is 1760. The molecule has 0 aliphatic carbocycles. The third-order valence-corrected chi connectivity index (χ3v) is 6.06. The number of aromatic nitrogens is 3. The second kappa shape index (κ2) is 7.68. The topological polar surface area (TPSA) is 94.4 Å². The van der Waals surface area contributed by atoms with Gasteiger partial charge in [0.1, 0.15) is 22.3 Å². The number of para-hydroxylation sites is 4. The summed E-state index contributed by atoms with van der Waals surface area (Å²) in [6.07, 6.45) is 0. The summed E-state index contributed by atoms with van der Waals surface area (Å²) in [7, 11) is 0.548. The largest absolute Gasteiger partial charge is 0.571 e. The van der Waals surface area contributed by atoms with Crippen LogP contribution in [0.5, 0.6) is 6.01 Å². The minimum Gasteiger partial charge on any atom is -0.508 e. The molecule has 0 unspecified atom stereocenters. The molecule has 0 fully saturated rings. The number of hydrogen-bond acceptors (Lipinski definition) is 7. The third kappa shape index (κ3) is 3.08. The maximum absolute atomic E-state index is 9.29. The predicted octanol–water partition coefficient (Wildman–Crippen LogP) is 5.91. The summed E-state index contributed by atoms with van der Waals surface area (Å²) < 4.78 is 17.5. The van der Waals surface area contributed by atoms with E-state index >= 15 is 0 Å². The fourth-order valence-electron chi connectivity index (χ4n) is 4.54. The van der Waals surface area contributed by atoms with Gasteiger partial charge in [0.25, 0.3) is 0 Å². The molecule has 165 valence electrons. The highest BCUT2D eigenvalue weighted by atomic mass is 16.5. The Morgan fingerprint density at radius 2 is 1.06 bits per heavy atom. The standard InChI is InChI=1S/C27H15BN3O4/c32-28-35-27-30-25(19-11-5-9-17-15-7-1-3-13-21(15)33-23(17)19)29-26(31-27)20-12-6-10-18-16-8-2-4-14-22(16)34-24(18)20/h1-14,32H. The molecule has 0 aliphatic rings. The van der Waals surface area contributed by atoms with Crippen LogP contribution in [0.1, 0.15) is 0 Å². The van der Waals surface area contributed by atoms with Crippen molar-refractivity contribution in [2.24, 2.45) is 0 Å². The lowest BCUT2D eigenvalue weighted by Gasteiger charge is -2.08. The van der Waals surface area contributed by atoms with E-state index in [4.69, 9.17) is 18.5 Å². The van der Waals surface area contributed by atoms with Crippen LogP contribution >= 0.6 is 0 Å². The Morgan fingerprint density at radius 3 is 1.57 bits per heavy atom. The molecule has 3 aromatic heterocycles. The van der Waals surface area contributed by atoms with Crippen molar-refractivity contribution in [1.29, 1.82) is 0 Å². The normalized spacial score (nSPS) is 11.6. The van der Waals surface area contributed by atoms with Gasteiger partial charge in [-0.2, -0.15) is 9.97 Å². The summed E-state index contributed by atoms with van der Waals surface area (Å²) >= 11 is 0. The molecule has 4 aromatic carbocycles. The van der Waals surface area contributed by atoms with Crippen molar-refractivity contribution < 1.29 is 18.5 Å². The molecule has 0 saturated carbocycles. The van der Waals surface area contributed by atoms with Gasteiger partial charge in [-0.25, -0.2) is 4.98 Å². The fraction of sp³-hybridized carbons (Fsp3) is 0. The Labute approximate surface area is 198 Å². The molecule has 0 atom stereocenters. The van der Waals surface area contributed by atoms with Gasteiger partial charge in [0.15, 0.2) is 11.6 Å². The quantitative estimate of drug-likeness (QED) is 0.329. The zero-order chi connectivity index (χ0) is 23.4. The molecule has 1 radical (unpaired) electrons. The van der Waals surface area contributed by atoms with E-state index in [0.29, 0.717) is 41.6 Å². The van der Waals surface area contributed by atoms with E-state index in [1.165, 1.54) is 0 Å². The van der Waals surface area contributed by atoms with E-state index in [0.717, 1.165) is 32.7 Å². The Morgan fingerprint density at radius 1 is 0.571 bits per heavy atom. The van der Waals surface area contributed by atoms with E-state index in [9.17, 15) is 5.02 Å². The number of nitrogens with zero attached hydrogens (tertiary/aromatic N) is 3. The Balaban J connectivity index is 1.49. The van der Waals surface area contributed by atoms with Crippen LogP contribution in [0.3, 0.4) is 0 Å². The number of furan rings is 2. The Hall–Kier alpha value is -4.69. The molecule has 0 amide bonds. The number of benzene rings is 4. The van der Waals surface area contributed by atoms with Crippen molar-refractivity contribution in [2.45, 2.75) is 0 Å². The lowest BCUT2D eigenvalue weighted by molar-refractivity contribution is 0.430. The second-order valence-electron chi connectivity index (χ2n) is 8.05. The molecular weight excluding hydrogens is 441 g/mol. The number of fused-ring (bicyclic) bond motifs is 6. The van der Waals surface area contributed by atoms with Crippen molar-refractivity contribution in [2.75, 3.05) is 0 Å². The molecule has 1 N–H and O–H groups in total. The summed E-state index contributed by atoms with van der Waals surface area (Å²) in [5, 5.41) is 13.2. The van der Waals surface area contributed by atoms with Crippen LogP contribution in [-0.4, -0.2) is 27.7 Å². The molecule has 7 rings (SSSR count). The van der Waals surface area contributed by atoms with E-state index in [1.54, 1.807) is 0 Å². The summed E-state index contributed by atoms with van der Waals surface area (Å²) in [5.41, 5.74) is 4.23. The van der Waals surface area contributed by atoms with Crippen LogP contribution in [0.4, 0.5) is 0 Å². The van der Waals surface area contributed by atoms with Gasteiger partial charge >= 0.3 is 13.7 Å². The smallest absolute Gasteiger partial charge is 0.508 e. The average molecular weight is 456 g/mol. The van der Waals surface area contributed by atoms with E-state index in [2.05, 4.69) is 9.97 Å². The maximum atomic E-state index is 9.29. The molecule has 0 saturated heterocycles. The van der Waals surface area contributed by atoms with Crippen molar-refractivity contribution in [3.63, 3.8) is 0 Å². The molecule has 7 aromatic rings. The van der Waals surface area contributed by atoms with Crippen molar-refractivity contribution in [3.8, 4) is 28.8 Å². The van der Waals surface area contributed by atoms with Gasteiger partial charge in [-0.1, -0.05) is 60.7 Å². The number of rotatable bonds is 4. The fourth-order valence-corrected chi connectivity index (χ4v) is 4.54. The van der Waals surface area contributed by atoms with E-state index < -0.39 is 0 Å². The van der Waals surface area contributed by atoms with Gasteiger partial charge in [-0.05, 0) is 24.3 Å². The lowest BCUT2D eigenvalue weighted by atomic mass is 10.1. The van der Waals surface area contributed by atoms with Gasteiger partial charge in [0, 0.05) is 21.5 Å². The number of hydrogen-bond donors (Lipinski definition) is 1. The first kappa shape index (κ1) is 19.8. The first-order valence-electron chi connectivity index (χ1n) is 11.0. The van der Waals surface area contributed by atoms with Gasteiger partial charge in [0.05, 0.1) is 11.1 Å². The monoisotopic (exact) mass is 456 g/mol.